The predicted octanol–water partition coefficient (Wildman–Crippen LogP) is 1.25. The Kier molecular flexibility index (Phi) is 2.11. The van der Waals surface area contributed by atoms with E-state index in [4.69, 9.17) is 0 Å². The topological polar surface area (TPSA) is 45.2 Å². The minimum absolute atomic E-state index is 0.0514. The van der Waals surface area contributed by atoms with Crippen molar-refractivity contribution in [1.29, 1.82) is 0 Å². The molecule has 0 saturated carbocycles. The van der Waals surface area contributed by atoms with Gasteiger partial charge in [-0.1, -0.05) is 6.92 Å². The zero-order valence-electron chi connectivity index (χ0n) is 8.32. The maximum Gasteiger partial charge on any atom is 0.247 e. The van der Waals surface area contributed by atoms with E-state index in [0.717, 1.165) is 17.9 Å². The minimum atomic E-state index is -0.0996. The molecular formula is C10H13N3O. The van der Waals surface area contributed by atoms with Crippen LogP contribution >= 0.6 is 0 Å². The van der Waals surface area contributed by atoms with Gasteiger partial charge in [0, 0.05) is 13.2 Å². The van der Waals surface area contributed by atoms with Gasteiger partial charge >= 0.3 is 0 Å². The number of carbonyl (C=O) groups excluding carboxylic acids is 1. The number of pyridine rings is 1. The average Bonchev–Trinajstić information content (AvgIpc) is 2.18. The summed E-state index contributed by atoms with van der Waals surface area (Å²) in [5.74, 6) is 0.898. The number of carbonyl (C=O) groups is 1. The first kappa shape index (κ1) is 8.99. The van der Waals surface area contributed by atoms with Gasteiger partial charge in [-0.2, -0.15) is 0 Å². The fourth-order valence-corrected chi connectivity index (χ4v) is 1.77. The summed E-state index contributed by atoms with van der Waals surface area (Å²) < 4.78 is 0. The van der Waals surface area contributed by atoms with E-state index in [1.807, 2.05) is 31.0 Å². The second-order valence-electron chi connectivity index (χ2n) is 3.40. The second kappa shape index (κ2) is 3.29. The van der Waals surface area contributed by atoms with Gasteiger partial charge in [0.2, 0.25) is 5.91 Å². The van der Waals surface area contributed by atoms with E-state index >= 15 is 0 Å². The van der Waals surface area contributed by atoms with Gasteiger partial charge in [0.05, 0.1) is 5.69 Å². The molecule has 1 amide bonds. The zero-order valence-corrected chi connectivity index (χ0v) is 8.32. The van der Waals surface area contributed by atoms with Gasteiger partial charge in [0.25, 0.3) is 0 Å². The zero-order chi connectivity index (χ0) is 10.1. The molecule has 0 saturated heterocycles. The summed E-state index contributed by atoms with van der Waals surface area (Å²) in [4.78, 5) is 17.8. The van der Waals surface area contributed by atoms with Gasteiger partial charge in [-0.3, -0.25) is 4.79 Å². The highest BCUT2D eigenvalue weighted by Gasteiger charge is 2.29. The Morgan fingerprint density at radius 3 is 3.14 bits per heavy atom. The quantitative estimate of drug-likeness (QED) is 0.726. The van der Waals surface area contributed by atoms with Crippen LogP contribution in [0, 0.1) is 0 Å². The minimum Gasteiger partial charge on any atom is -0.346 e. The van der Waals surface area contributed by atoms with E-state index in [0.29, 0.717) is 0 Å². The van der Waals surface area contributed by atoms with Crippen molar-refractivity contribution in [3.05, 3.63) is 18.3 Å². The summed E-state index contributed by atoms with van der Waals surface area (Å²) in [6, 6.07) is 3.58. The molecule has 4 nitrogen and oxygen atoms in total. The van der Waals surface area contributed by atoms with Crippen LogP contribution in [0.3, 0.4) is 0 Å². The highest BCUT2D eigenvalue weighted by Crippen LogP contribution is 2.28. The number of nitrogens with zero attached hydrogens (tertiary/aromatic N) is 2. The van der Waals surface area contributed by atoms with Crippen LogP contribution in [0.2, 0.25) is 0 Å². The Labute approximate surface area is 82.9 Å². The molecule has 1 aliphatic rings. The summed E-state index contributed by atoms with van der Waals surface area (Å²) in [5.41, 5.74) is 0.796. The van der Waals surface area contributed by atoms with Crippen molar-refractivity contribution in [2.24, 2.45) is 0 Å². The Balaban J connectivity index is 2.43. The number of anilines is 2. The van der Waals surface area contributed by atoms with Crippen molar-refractivity contribution in [3.63, 3.8) is 0 Å². The van der Waals surface area contributed by atoms with E-state index in [9.17, 15) is 4.79 Å². The first-order chi connectivity index (χ1) is 6.74. The largest absolute Gasteiger partial charge is 0.346 e. The van der Waals surface area contributed by atoms with E-state index in [1.165, 1.54) is 0 Å². The van der Waals surface area contributed by atoms with Crippen LogP contribution in [0.4, 0.5) is 11.5 Å². The predicted molar refractivity (Wildman–Crippen MR) is 55.3 cm³/mol. The van der Waals surface area contributed by atoms with Crippen molar-refractivity contribution >= 4 is 17.4 Å². The lowest BCUT2D eigenvalue weighted by atomic mass is 10.1. The molecule has 0 radical (unpaired) electrons. The molecule has 1 aromatic heterocycles. The summed E-state index contributed by atoms with van der Waals surface area (Å²) in [6.45, 7) is 1.99. The van der Waals surface area contributed by atoms with Gasteiger partial charge in [-0.15, -0.1) is 0 Å². The normalized spacial score (nSPS) is 20.3. The molecule has 2 heterocycles. The third-order valence-electron chi connectivity index (χ3n) is 2.54. The summed E-state index contributed by atoms with van der Waals surface area (Å²) >= 11 is 0. The van der Waals surface area contributed by atoms with E-state index in [2.05, 4.69) is 10.3 Å². The number of nitrogens with one attached hydrogen (secondary N) is 1. The van der Waals surface area contributed by atoms with Crippen LogP contribution in [0.15, 0.2) is 18.3 Å². The van der Waals surface area contributed by atoms with Crippen molar-refractivity contribution in [3.8, 4) is 0 Å². The monoisotopic (exact) mass is 191 g/mol. The van der Waals surface area contributed by atoms with Gasteiger partial charge < -0.3 is 10.2 Å². The lowest BCUT2D eigenvalue weighted by Crippen LogP contribution is -2.45. The van der Waals surface area contributed by atoms with E-state index in [1.54, 1.807) is 6.20 Å². The lowest BCUT2D eigenvalue weighted by molar-refractivity contribution is -0.117. The molecule has 1 aliphatic heterocycles. The molecular weight excluding hydrogens is 178 g/mol. The Morgan fingerprint density at radius 1 is 1.64 bits per heavy atom. The Bertz CT molecular complexity index is 364. The van der Waals surface area contributed by atoms with Crippen LogP contribution in [-0.2, 0) is 4.79 Å². The highest BCUT2D eigenvalue weighted by molar-refractivity contribution is 6.02. The number of aromatic nitrogens is 1. The number of fused-ring (bicyclic) bond motifs is 1. The van der Waals surface area contributed by atoms with Crippen molar-refractivity contribution in [2.45, 2.75) is 19.4 Å². The maximum absolute atomic E-state index is 11.6. The molecule has 0 bridgehead atoms. The van der Waals surface area contributed by atoms with Gasteiger partial charge in [-0.25, -0.2) is 4.98 Å². The highest BCUT2D eigenvalue weighted by atomic mass is 16.2. The van der Waals surface area contributed by atoms with Crippen molar-refractivity contribution in [2.75, 3.05) is 17.3 Å². The first-order valence-electron chi connectivity index (χ1n) is 4.72. The number of rotatable bonds is 1. The third kappa shape index (κ3) is 1.23. The van der Waals surface area contributed by atoms with Crippen LogP contribution in [0.1, 0.15) is 13.3 Å². The SMILES string of the molecule is CCC1C(=O)Nc2cccnc2N1C. The number of hydrogen-bond donors (Lipinski definition) is 1. The fraction of sp³-hybridized carbons (Fsp3) is 0.400. The molecule has 1 atom stereocenters. The van der Waals surface area contributed by atoms with Crippen molar-refractivity contribution in [1.82, 2.24) is 4.98 Å². The molecule has 1 N–H and O–H groups in total. The van der Waals surface area contributed by atoms with Crippen LogP contribution < -0.4 is 10.2 Å². The van der Waals surface area contributed by atoms with E-state index in [-0.39, 0.29) is 11.9 Å². The number of likely N-dealkylation sites (N-methyl/N-ethyl adjacent to an activating group) is 1. The molecule has 14 heavy (non-hydrogen) atoms. The van der Waals surface area contributed by atoms with Gasteiger partial charge in [-0.05, 0) is 18.6 Å². The average molecular weight is 191 g/mol. The molecule has 74 valence electrons. The molecule has 0 fully saturated rings. The standard InChI is InChI=1S/C10H13N3O/c1-3-8-10(14)12-7-5-4-6-11-9(7)13(8)2/h4-6,8H,3H2,1-2H3,(H,12,14). The summed E-state index contributed by atoms with van der Waals surface area (Å²) in [7, 11) is 1.90. The molecule has 1 aromatic rings. The Hall–Kier alpha value is -1.58. The molecule has 1 unspecified atom stereocenters. The molecule has 2 rings (SSSR count). The van der Waals surface area contributed by atoms with Crippen LogP contribution in [0.25, 0.3) is 0 Å². The smallest absolute Gasteiger partial charge is 0.247 e. The van der Waals surface area contributed by atoms with E-state index < -0.39 is 0 Å². The third-order valence-corrected chi connectivity index (χ3v) is 2.54. The maximum atomic E-state index is 11.6. The van der Waals surface area contributed by atoms with Gasteiger partial charge in [0.1, 0.15) is 6.04 Å². The lowest BCUT2D eigenvalue weighted by Gasteiger charge is -2.33. The molecule has 4 heteroatoms. The van der Waals surface area contributed by atoms with Crippen LogP contribution in [0.5, 0.6) is 0 Å². The van der Waals surface area contributed by atoms with Crippen LogP contribution in [-0.4, -0.2) is 24.0 Å². The molecule has 0 aromatic carbocycles. The second-order valence-corrected chi connectivity index (χ2v) is 3.40. The number of amides is 1. The van der Waals surface area contributed by atoms with Gasteiger partial charge in [0.15, 0.2) is 5.82 Å². The number of hydrogen-bond acceptors (Lipinski definition) is 3. The summed E-state index contributed by atoms with van der Waals surface area (Å²) in [6.07, 6.45) is 2.53. The fourth-order valence-electron chi connectivity index (χ4n) is 1.77. The Morgan fingerprint density at radius 2 is 2.43 bits per heavy atom. The molecule has 0 aliphatic carbocycles. The molecule has 0 spiro atoms. The first-order valence-corrected chi connectivity index (χ1v) is 4.72. The summed E-state index contributed by atoms with van der Waals surface area (Å²) in [5, 5.41) is 2.85. The van der Waals surface area contributed by atoms with Crippen molar-refractivity contribution < 1.29 is 4.79 Å².